The maximum Gasteiger partial charge on any atom is 0.157 e. The van der Waals surface area contributed by atoms with Crippen LogP contribution in [0.4, 0.5) is 17.3 Å². The van der Waals surface area contributed by atoms with E-state index in [1.807, 2.05) is 12.5 Å². The molecule has 8 heteroatoms. The first-order chi connectivity index (χ1) is 12.1. The van der Waals surface area contributed by atoms with E-state index in [-0.39, 0.29) is 0 Å². The van der Waals surface area contributed by atoms with Crippen LogP contribution >= 0.6 is 0 Å². The monoisotopic (exact) mass is 344 g/mol. The van der Waals surface area contributed by atoms with Crippen LogP contribution in [0.15, 0.2) is 25.0 Å². The van der Waals surface area contributed by atoms with Crippen molar-refractivity contribution < 1.29 is 0 Å². The average Bonchev–Trinajstić information content (AvgIpc) is 3.13. The summed E-state index contributed by atoms with van der Waals surface area (Å²) in [7, 11) is 4.25. The Morgan fingerprint density at radius 3 is 2.84 bits per heavy atom. The molecular formula is C17H28N8. The summed E-state index contributed by atoms with van der Waals surface area (Å²) in [5.41, 5.74) is 6.97. The second-order valence-corrected chi connectivity index (χ2v) is 6.69. The lowest BCUT2D eigenvalue weighted by Crippen LogP contribution is -2.42. The molecule has 0 unspecified atom stereocenters. The van der Waals surface area contributed by atoms with Gasteiger partial charge in [-0.15, -0.1) is 0 Å². The molecule has 0 saturated carbocycles. The van der Waals surface area contributed by atoms with Crippen molar-refractivity contribution in [1.82, 2.24) is 24.4 Å². The molecule has 0 amide bonds. The van der Waals surface area contributed by atoms with E-state index >= 15 is 0 Å². The fraction of sp³-hybridized carbons (Fsp3) is 0.588. The summed E-state index contributed by atoms with van der Waals surface area (Å²) in [6.45, 7) is 3.94. The minimum absolute atomic E-state index is 0.475. The first-order valence-electron chi connectivity index (χ1n) is 8.86. The summed E-state index contributed by atoms with van der Waals surface area (Å²) in [5, 5.41) is 3.34. The normalized spacial score (nSPS) is 16.1. The van der Waals surface area contributed by atoms with E-state index < -0.39 is 0 Å². The van der Waals surface area contributed by atoms with Crippen molar-refractivity contribution in [2.45, 2.75) is 31.8 Å². The molecule has 1 fully saturated rings. The number of nitrogens with zero attached hydrogens (tertiary/aromatic N) is 6. The number of anilines is 3. The number of hydrogen-bond donors (Lipinski definition) is 2. The fourth-order valence-corrected chi connectivity index (χ4v) is 3.25. The molecule has 1 saturated heterocycles. The van der Waals surface area contributed by atoms with E-state index in [1.165, 1.54) is 0 Å². The number of imidazole rings is 1. The molecule has 8 nitrogen and oxygen atoms in total. The number of likely N-dealkylation sites (tertiary alicyclic amines) is 1. The van der Waals surface area contributed by atoms with Crippen molar-refractivity contribution in [3.63, 3.8) is 0 Å². The molecule has 0 spiro atoms. The average molecular weight is 344 g/mol. The maximum absolute atomic E-state index is 6.34. The van der Waals surface area contributed by atoms with Crippen LogP contribution in [-0.4, -0.2) is 64.2 Å². The van der Waals surface area contributed by atoms with Gasteiger partial charge in [0.1, 0.15) is 12.0 Å². The first kappa shape index (κ1) is 17.5. The van der Waals surface area contributed by atoms with Gasteiger partial charge in [-0.3, -0.25) is 0 Å². The molecule has 2 aromatic rings. The topological polar surface area (TPSA) is 88.1 Å². The number of rotatable bonds is 7. The molecule has 0 radical (unpaired) electrons. The molecule has 2 aromatic heterocycles. The largest absolute Gasteiger partial charge is 0.393 e. The van der Waals surface area contributed by atoms with Crippen LogP contribution in [0.2, 0.25) is 0 Å². The van der Waals surface area contributed by atoms with Gasteiger partial charge in [0, 0.05) is 38.6 Å². The van der Waals surface area contributed by atoms with Crippen molar-refractivity contribution in [2.24, 2.45) is 0 Å². The van der Waals surface area contributed by atoms with Crippen molar-refractivity contribution in [3.05, 3.63) is 25.0 Å². The number of nitrogen functional groups attached to an aromatic ring is 1. The van der Waals surface area contributed by atoms with Gasteiger partial charge >= 0.3 is 0 Å². The molecule has 25 heavy (non-hydrogen) atoms. The van der Waals surface area contributed by atoms with E-state index in [4.69, 9.17) is 5.73 Å². The number of hydrogen-bond acceptors (Lipinski definition) is 7. The first-order valence-corrected chi connectivity index (χ1v) is 8.86. The van der Waals surface area contributed by atoms with Crippen molar-refractivity contribution >= 4 is 17.3 Å². The van der Waals surface area contributed by atoms with Gasteiger partial charge in [-0.1, -0.05) is 0 Å². The third-order valence-corrected chi connectivity index (χ3v) is 4.88. The van der Waals surface area contributed by atoms with E-state index in [2.05, 4.69) is 48.7 Å². The summed E-state index contributed by atoms with van der Waals surface area (Å²) in [5.74, 6) is 1.54. The minimum atomic E-state index is 0.475. The van der Waals surface area contributed by atoms with Crippen molar-refractivity contribution in [3.8, 4) is 0 Å². The lowest BCUT2D eigenvalue weighted by molar-refractivity contribution is 0.252. The van der Waals surface area contributed by atoms with Crippen LogP contribution < -0.4 is 16.0 Å². The van der Waals surface area contributed by atoms with Crippen molar-refractivity contribution in [2.75, 3.05) is 49.7 Å². The minimum Gasteiger partial charge on any atom is -0.393 e. The van der Waals surface area contributed by atoms with E-state index in [9.17, 15) is 0 Å². The molecule has 1 aliphatic rings. The fourth-order valence-electron chi connectivity index (χ4n) is 3.25. The van der Waals surface area contributed by atoms with Gasteiger partial charge in [0.15, 0.2) is 11.6 Å². The molecule has 0 atom stereocenters. The van der Waals surface area contributed by atoms with Gasteiger partial charge in [-0.05, 0) is 39.4 Å². The summed E-state index contributed by atoms with van der Waals surface area (Å²) in [6, 6.07) is 0.475. The number of nitrogens with one attached hydrogen (secondary N) is 1. The number of aryl methyl sites for hydroxylation is 1. The van der Waals surface area contributed by atoms with Crippen LogP contribution in [0, 0.1) is 0 Å². The summed E-state index contributed by atoms with van der Waals surface area (Å²) in [4.78, 5) is 17.4. The lowest BCUT2D eigenvalue weighted by Gasteiger charge is -2.36. The summed E-state index contributed by atoms with van der Waals surface area (Å²) in [6.07, 6.45) is 10.4. The number of piperidine rings is 1. The second-order valence-electron chi connectivity index (χ2n) is 6.69. The Morgan fingerprint density at radius 1 is 1.32 bits per heavy atom. The van der Waals surface area contributed by atoms with E-state index in [1.54, 1.807) is 12.5 Å². The van der Waals surface area contributed by atoms with Gasteiger partial charge in [-0.2, -0.15) is 0 Å². The van der Waals surface area contributed by atoms with E-state index in [0.29, 0.717) is 11.7 Å². The SMILES string of the molecule is CN1CCC(N(C)c2ncnc(NCCCn3ccnc3)c2N)CC1. The molecule has 0 aliphatic carbocycles. The predicted molar refractivity (Wildman–Crippen MR) is 101 cm³/mol. The van der Waals surface area contributed by atoms with Gasteiger partial charge in [-0.25, -0.2) is 15.0 Å². The third-order valence-electron chi connectivity index (χ3n) is 4.88. The Hall–Kier alpha value is -2.35. The molecule has 1 aliphatic heterocycles. The highest BCUT2D eigenvalue weighted by Crippen LogP contribution is 2.28. The highest BCUT2D eigenvalue weighted by atomic mass is 15.2. The Bertz CT molecular complexity index is 649. The zero-order valence-corrected chi connectivity index (χ0v) is 15.1. The Balaban J connectivity index is 1.57. The van der Waals surface area contributed by atoms with Crippen molar-refractivity contribution in [1.29, 1.82) is 0 Å². The number of aromatic nitrogens is 4. The molecule has 3 N–H and O–H groups in total. The van der Waals surface area contributed by atoms with Gasteiger partial charge in [0.05, 0.1) is 6.33 Å². The Labute approximate surface area is 149 Å². The van der Waals surface area contributed by atoms with Gasteiger partial charge < -0.3 is 25.4 Å². The van der Waals surface area contributed by atoms with Gasteiger partial charge in [0.25, 0.3) is 0 Å². The summed E-state index contributed by atoms with van der Waals surface area (Å²) >= 11 is 0. The Kier molecular flexibility index (Phi) is 5.70. The second kappa shape index (κ2) is 8.15. The molecule has 0 aromatic carbocycles. The van der Waals surface area contributed by atoms with Crippen LogP contribution in [0.1, 0.15) is 19.3 Å². The maximum atomic E-state index is 6.34. The highest BCUT2D eigenvalue weighted by Gasteiger charge is 2.23. The smallest absolute Gasteiger partial charge is 0.157 e. The number of nitrogens with two attached hydrogens (primary N) is 1. The predicted octanol–water partition coefficient (Wildman–Crippen LogP) is 1.29. The molecular weight excluding hydrogens is 316 g/mol. The molecule has 3 heterocycles. The Morgan fingerprint density at radius 2 is 2.12 bits per heavy atom. The zero-order valence-electron chi connectivity index (χ0n) is 15.1. The van der Waals surface area contributed by atoms with Crippen LogP contribution in [-0.2, 0) is 6.54 Å². The zero-order chi connectivity index (χ0) is 17.6. The highest BCUT2D eigenvalue weighted by molar-refractivity contribution is 5.74. The lowest BCUT2D eigenvalue weighted by atomic mass is 10.0. The van der Waals surface area contributed by atoms with Crippen LogP contribution in [0.5, 0.6) is 0 Å². The molecule has 3 rings (SSSR count). The quantitative estimate of drug-likeness (QED) is 0.732. The summed E-state index contributed by atoms with van der Waals surface area (Å²) < 4.78 is 2.06. The van der Waals surface area contributed by atoms with Gasteiger partial charge in [0.2, 0.25) is 0 Å². The molecule has 136 valence electrons. The third kappa shape index (κ3) is 4.39. The van der Waals surface area contributed by atoms with E-state index in [0.717, 1.165) is 57.1 Å². The standard InChI is InChI=1S/C17H28N8/c1-23-9-4-14(5-10-23)24(2)17-15(18)16(21-12-22-17)20-6-3-8-25-11-7-19-13-25/h7,11-14H,3-6,8-10,18H2,1-2H3,(H,20,21,22). The van der Waals surface area contributed by atoms with Crippen LogP contribution in [0.3, 0.4) is 0 Å². The molecule has 0 bridgehead atoms. The van der Waals surface area contributed by atoms with Crippen LogP contribution in [0.25, 0.3) is 0 Å².